The molecule has 2 aromatic carbocycles. The van der Waals surface area contributed by atoms with E-state index in [9.17, 15) is 9.18 Å². The summed E-state index contributed by atoms with van der Waals surface area (Å²) in [4.78, 5) is 14.4. The molecule has 5 heteroatoms. The molecule has 3 rings (SSSR count). The fourth-order valence-corrected chi connectivity index (χ4v) is 3.50. The van der Waals surface area contributed by atoms with Crippen LogP contribution in [0, 0.1) is 11.7 Å². The van der Waals surface area contributed by atoms with Gasteiger partial charge in [0, 0.05) is 44.0 Å². The highest BCUT2D eigenvalue weighted by Crippen LogP contribution is 2.24. The average molecular weight is 384 g/mol. The van der Waals surface area contributed by atoms with E-state index in [2.05, 4.69) is 46.7 Å². The first-order chi connectivity index (χ1) is 13.6. The molecule has 1 saturated heterocycles. The number of hydrogen-bond acceptors (Lipinski definition) is 3. The summed E-state index contributed by atoms with van der Waals surface area (Å²) in [6, 6.07) is 15.1. The van der Waals surface area contributed by atoms with Gasteiger partial charge in [0.15, 0.2) is 0 Å². The van der Waals surface area contributed by atoms with Crippen molar-refractivity contribution in [1.29, 1.82) is 0 Å². The third kappa shape index (κ3) is 5.98. The maximum Gasteiger partial charge on any atom is 0.221 e. The van der Waals surface area contributed by atoms with Crippen molar-refractivity contribution in [2.24, 2.45) is 5.92 Å². The van der Waals surface area contributed by atoms with E-state index in [0.29, 0.717) is 31.5 Å². The minimum atomic E-state index is -0.221. The molecule has 1 heterocycles. The molecular weight excluding hydrogens is 353 g/mol. The molecular formula is C23H30FN3O. The number of halogens is 1. The summed E-state index contributed by atoms with van der Waals surface area (Å²) in [7, 11) is 0. The zero-order chi connectivity index (χ0) is 19.8. The van der Waals surface area contributed by atoms with Crippen molar-refractivity contribution in [2.45, 2.75) is 32.6 Å². The van der Waals surface area contributed by atoms with Crippen molar-refractivity contribution in [1.82, 2.24) is 5.32 Å². The highest BCUT2D eigenvalue weighted by molar-refractivity contribution is 5.76. The van der Waals surface area contributed by atoms with Gasteiger partial charge in [0.05, 0.1) is 0 Å². The molecule has 0 bridgehead atoms. The lowest BCUT2D eigenvalue weighted by Gasteiger charge is -2.32. The molecule has 0 aliphatic carbocycles. The van der Waals surface area contributed by atoms with E-state index in [1.807, 2.05) is 0 Å². The quantitative estimate of drug-likeness (QED) is 0.717. The number of carbonyl (C=O) groups excluding carboxylic acids is 1. The fourth-order valence-electron chi connectivity index (χ4n) is 3.50. The Balaban J connectivity index is 1.34. The molecule has 4 nitrogen and oxygen atoms in total. The Bertz CT molecular complexity index is 755. The summed E-state index contributed by atoms with van der Waals surface area (Å²) in [6.07, 6.45) is 3.41. The zero-order valence-corrected chi connectivity index (χ0v) is 16.6. The first-order valence-electron chi connectivity index (χ1n) is 10.2. The summed E-state index contributed by atoms with van der Waals surface area (Å²) in [6.45, 7) is 5.59. The smallest absolute Gasteiger partial charge is 0.221 e. The number of benzene rings is 2. The lowest BCUT2D eigenvalue weighted by Crippen LogP contribution is -2.32. The normalized spacial score (nSPS) is 14.7. The van der Waals surface area contributed by atoms with Crippen LogP contribution in [0.2, 0.25) is 0 Å². The van der Waals surface area contributed by atoms with Crippen LogP contribution in [0.5, 0.6) is 0 Å². The molecule has 150 valence electrons. The molecule has 0 aromatic heterocycles. The van der Waals surface area contributed by atoms with Gasteiger partial charge >= 0.3 is 0 Å². The third-order valence-electron chi connectivity index (χ3n) is 5.37. The lowest BCUT2D eigenvalue weighted by atomic mass is 9.99. The van der Waals surface area contributed by atoms with Crippen LogP contribution in [0.1, 0.15) is 31.7 Å². The highest BCUT2D eigenvalue weighted by Gasteiger charge is 2.15. The molecule has 1 aliphatic heterocycles. The fraction of sp³-hybridized carbons (Fsp3) is 0.435. The Morgan fingerprint density at radius 1 is 1.07 bits per heavy atom. The standard InChI is InChI=1S/C23H30FN3O/c1-18-12-16-27(17-13-18)21-8-6-20(7-9-21)25-15-11-23(28)26-14-10-19-4-2-3-5-22(19)24/h2-9,18,25H,10-17H2,1H3,(H,26,28). The van der Waals surface area contributed by atoms with E-state index in [1.165, 1.54) is 24.6 Å². The number of nitrogens with zero attached hydrogens (tertiary/aromatic N) is 1. The van der Waals surface area contributed by atoms with Gasteiger partial charge in [-0.15, -0.1) is 0 Å². The zero-order valence-electron chi connectivity index (χ0n) is 16.6. The van der Waals surface area contributed by atoms with Gasteiger partial charge in [-0.2, -0.15) is 0 Å². The Kier molecular flexibility index (Phi) is 7.29. The Labute approximate surface area is 167 Å². The van der Waals surface area contributed by atoms with Crippen LogP contribution in [0.15, 0.2) is 48.5 Å². The molecule has 0 atom stereocenters. The van der Waals surface area contributed by atoms with E-state index in [1.54, 1.807) is 18.2 Å². The van der Waals surface area contributed by atoms with Gasteiger partial charge in [0.1, 0.15) is 5.82 Å². The van der Waals surface area contributed by atoms with Crippen LogP contribution >= 0.6 is 0 Å². The molecule has 1 aliphatic rings. The average Bonchev–Trinajstić information content (AvgIpc) is 2.71. The summed E-state index contributed by atoms with van der Waals surface area (Å²) >= 11 is 0. The van der Waals surface area contributed by atoms with Crippen molar-refractivity contribution in [2.75, 3.05) is 36.4 Å². The lowest BCUT2D eigenvalue weighted by molar-refractivity contribution is -0.120. The van der Waals surface area contributed by atoms with Gasteiger partial charge in [0.2, 0.25) is 5.91 Å². The Hall–Kier alpha value is -2.56. The monoisotopic (exact) mass is 383 g/mol. The molecule has 0 radical (unpaired) electrons. The largest absolute Gasteiger partial charge is 0.385 e. The number of hydrogen-bond donors (Lipinski definition) is 2. The van der Waals surface area contributed by atoms with Crippen LogP contribution in [-0.4, -0.2) is 32.1 Å². The molecule has 2 N–H and O–H groups in total. The second-order valence-electron chi connectivity index (χ2n) is 7.58. The van der Waals surface area contributed by atoms with Crippen LogP contribution in [-0.2, 0) is 11.2 Å². The van der Waals surface area contributed by atoms with E-state index < -0.39 is 0 Å². The van der Waals surface area contributed by atoms with Crippen molar-refractivity contribution >= 4 is 17.3 Å². The first kappa shape index (κ1) is 20.2. The molecule has 28 heavy (non-hydrogen) atoms. The van der Waals surface area contributed by atoms with E-state index in [-0.39, 0.29) is 11.7 Å². The number of carbonyl (C=O) groups is 1. The second-order valence-corrected chi connectivity index (χ2v) is 7.58. The Morgan fingerprint density at radius 2 is 1.79 bits per heavy atom. The number of amides is 1. The predicted octanol–water partition coefficient (Wildman–Crippen LogP) is 4.22. The molecule has 0 saturated carbocycles. The number of anilines is 2. The van der Waals surface area contributed by atoms with Crippen molar-refractivity contribution < 1.29 is 9.18 Å². The van der Waals surface area contributed by atoms with Gasteiger partial charge in [-0.05, 0) is 61.1 Å². The van der Waals surface area contributed by atoms with Crippen LogP contribution in [0.4, 0.5) is 15.8 Å². The number of rotatable bonds is 8. The topological polar surface area (TPSA) is 44.4 Å². The van der Waals surface area contributed by atoms with Crippen LogP contribution in [0.25, 0.3) is 0 Å². The summed E-state index contributed by atoms with van der Waals surface area (Å²) < 4.78 is 13.5. The van der Waals surface area contributed by atoms with E-state index in [4.69, 9.17) is 0 Å². The van der Waals surface area contributed by atoms with E-state index >= 15 is 0 Å². The first-order valence-corrected chi connectivity index (χ1v) is 10.2. The van der Waals surface area contributed by atoms with Crippen LogP contribution in [0.3, 0.4) is 0 Å². The number of piperidine rings is 1. The Morgan fingerprint density at radius 3 is 2.50 bits per heavy atom. The van der Waals surface area contributed by atoms with Crippen LogP contribution < -0.4 is 15.5 Å². The SMILES string of the molecule is CC1CCN(c2ccc(NCCC(=O)NCCc3ccccc3F)cc2)CC1. The highest BCUT2D eigenvalue weighted by atomic mass is 19.1. The molecule has 1 fully saturated rings. The molecule has 2 aromatic rings. The van der Waals surface area contributed by atoms with Gasteiger partial charge in [-0.25, -0.2) is 4.39 Å². The second kappa shape index (κ2) is 10.1. The summed E-state index contributed by atoms with van der Waals surface area (Å²) in [5.74, 6) is 0.582. The van der Waals surface area contributed by atoms with Gasteiger partial charge in [0.25, 0.3) is 0 Å². The number of nitrogens with one attached hydrogen (secondary N) is 2. The van der Waals surface area contributed by atoms with Crippen molar-refractivity contribution in [3.63, 3.8) is 0 Å². The van der Waals surface area contributed by atoms with Gasteiger partial charge in [-0.3, -0.25) is 4.79 Å². The molecule has 0 spiro atoms. The predicted molar refractivity (Wildman–Crippen MR) is 113 cm³/mol. The van der Waals surface area contributed by atoms with Gasteiger partial charge < -0.3 is 15.5 Å². The summed E-state index contributed by atoms with van der Waals surface area (Å²) in [5.41, 5.74) is 2.92. The van der Waals surface area contributed by atoms with Crippen molar-refractivity contribution in [3.8, 4) is 0 Å². The minimum Gasteiger partial charge on any atom is -0.385 e. The third-order valence-corrected chi connectivity index (χ3v) is 5.37. The maximum atomic E-state index is 13.5. The van der Waals surface area contributed by atoms with Crippen molar-refractivity contribution in [3.05, 3.63) is 59.9 Å². The minimum absolute atomic E-state index is 0.0251. The van der Waals surface area contributed by atoms with Gasteiger partial charge in [-0.1, -0.05) is 25.1 Å². The molecule has 0 unspecified atom stereocenters. The molecule has 1 amide bonds. The summed E-state index contributed by atoms with van der Waals surface area (Å²) in [5, 5.41) is 6.14. The van der Waals surface area contributed by atoms with E-state index in [0.717, 1.165) is 24.7 Å². The maximum absolute atomic E-state index is 13.5.